The van der Waals surface area contributed by atoms with Crippen LogP contribution in [0.25, 0.3) is 42.6 Å². The molecule has 5 aromatic rings. The van der Waals surface area contributed by atoms with Gasteiger partial charge in [0.25, 0.3) is 5.56 Å². The van der Waals surface area contributed by atoms with Gasteiger partial charge in [-0.15, -0.1) is 11.3 Å². The molecule has 0 radical (unpaired) electrons. The third kappa shape index (κ3) is 3.33. The van der Waals surface area contributed by atoms with E-state index < -0.39 is 0 Å². The predicted molar refractivity (Wildman–Crippen MR) is 130 cm³/mol. The number of methoxy groups -OCH3 is 1. The van der Waals surface area contributed by atoms with Gasteiger partial charge in [0.1, 0.15) is 6.07 Å². The molecule has 0 bridgehead atoms. The molecule has 0 spiro atoms. The van der Waals surface area contributed by atoms with Crippen LogP contribution in [0.4, 0.5) is 0 Å². The van der Waals surface area contributed by atoms with E-state index in [1.807, 2.05) is 56.6 Å². The van der Waals surface area contributed by atoms with E-state index in [9.17, 15) is 10.1 Å². The van der Waals surface area contributed by atoms with Crippen LogP contribution < -0.4 is 5.56 Å². The molecule has 0 saturated heterocycles. The second-order valence-corrected chi connectivity index (χ2v) is 8.84. The lowest BCUT2D eigenvalue weighted by Crippen LogP contribution is -2.13. The highest BCUT2D eigenvalue weighted by atomic mass is 32.1. The van der Waals surface area contributed by atoms with Crippen LogP contribution >= 0.6 is 11.3 Å². The summed E-state index contributed by atoms with van der Waals surface area (Å²) in [6.45, 7) is 2.30. The molecule has 164 valence electrons. The average molecular weight is 456 g/mol. The third-order valence-corrected chi connectivity index (χ3v) is 7.03. The Morgan fingerprint density at radius 1 is 1.24 bits per heavy atom. The Labute approximate surface area is 193 Å². The van der Waals surface area contributed by atoms with Gasteiger partial charge in [0.2, 0.25) is 0 Å². The van der Waals surface area contributed by atoms with Crippen molar-refractivity contribution in [3.05, 3.63) is 69.8 Å². The summed E-state index contributed by atoms with van der Waals surface area (Å²) in [6, 6.07) is 14.3. The number of hydrogen-bond acceptors (Lipinski definition) is 6. The molecule has 8 heteroatoms. The standard InChI is InChI=1S/C25H21N5O2S/c1-4-20-17-10-14(9-15(13-32-3)22(17)25(31)29-28-20)19-12-27-30(2)23(19)24-18(11-26)16-7-5-6-8-21(16)33-24/h5-10,12H,4,13H2,1-3H3,(H,29,31). The van der Waals surface area contributed by atoms with Crippen molar-refractivity contribution in [3.63, 3.8) is 0 Å². The Hall–Kier alpha value is -3.80. The van der Waals surface area contributed by atoms with E-state index >= 15 is 0 Å². The molecule has 3 heterocycles. The van der Waals surface area contributed by atoms with Crippen LogP contribution in [0.1, 0.15) is 23.7 Å². The lowest BCUT2D eigenvalue weighted by molar-refractivity contribution is 0.186. The highest BCUT2D eigenvalue weighted by molar-refractivity contribution is 7.22. The van der Waals surface area contributed by atoms with E-state index in [4.69, 9.17) is 4.74 Å². The van der Waals surface area contributed by atoms with Crippen LogP contribution in [-0.2, 0) is 24.8 Å². The molecule has 0 aliphatic rings. The highest BCUT2D eigenvalue weighted by Crippen LogP contribution is 2.42. The molecule has 3 aromatic heterocycles. The zero-order valence-electron chi connectivity index (χ0n) is 18.5. The number of aryl methyl sites for hydroxylation is 2. The first-order valence-electron chi connectivity index (χ1n) is 10.5. The minimum absolute atomic E-state index is 0.233. The van der Waals surface area contributed by atoms with Crippen molar-refractivity contribution in [2.75, 3.05) is 7.11 Å². The minimum Gasteiger partial charge on any atom is -0.380 e. The van der Waals surface area contributed by atoms with Gasteiger partial charge in [0, 0.05) is 35.2 Å². The normalized spacial score (nSPS) is 11.3. The van der Waals surface area contributed by atoms with E-state index in [2.05, 4.69) is 21.4 Å². The van der Waals surface area contributed by atoms with Gasteiger partial charge in [0.15, 0.2) is 0 Å². The summed E-state index contributed by atoms with van der Waals surface area (Å²) in [7, 11) is 3.49. The molecule has 7 nitrogen and oxygen atoms in total. The molecule has 1 N–H and O–H groups in total. The Kier molecular flexibility index (Phi) is 5.29. The maximum Gasteiger partial charge on any atom is 0.272 e. The monoisotopic (exact) mass is 455 g/mol. The Morgan fingerprint density at radius 2 is 2.06 bits per heavy atom. The first kappa shape index (κ1) is 21.1. The van der Waals surface area contributed by atoms with Gasteiger partial charge < -0.3 is 4.74 Å². The maximum atomic E-state index is 12.6. The van der Waals surface area contributed by atoms with Gasteiger partial charge in [-0.25, -0.2) is 5.10 Å². The van der Waals surface area contributed by atoms with Crippen molar-refractivity contribution in [1.82, 2.24) is 20.0 Å². The molecule has 5 rings (SSSR count). The van der Waals surface area contributed by atoms with Crippen LogP contribution in [-0.4, -0.2) is 27.1 Å². The smallest absolute Gasteiger partial charge is 0.272 e. The molecular formula is C25H21N5O2S. The summed E-state index contributed by atoms with van der Waals surface area (Å²) in [5.74, 6) is 0. The summed E-state index contributed by atoms with van der Waals surface area (Å²) >= 11 is 1.58. The Morgan fingerprint density at radius 3 is 2.82 bits per heavy atom. The quantitative estimate of drug-likeness (QED) is 0.411. The van der Waals surface area contributed by atoms with Gasteiger partial charge in [-0.2, -0.15) is 15.5 Å². The summed E-state index contributed by atoms with van der Waals surface area (Å²) < 4.78 is 8.27. The fraction of sp³-hybridized carbons (Fsp3) is 0.200. The van der Waals surface area contributed by atoms with E-state index in [-0.39, 0.29) is 5.56 Å². The topological polar surface area (TPSA) is 96.6 Å². The fourth-order valence-corrected chi connectivity index (χ4v) is 5.61. The summed E-state index contributed by atoms with van der Waals surface area (Å²) in [5.41, 5.74) is 4.67. The molecular weight excluding hydrogens is 434 g/mol. The number of aromatic amines is 1. The first-order chi connectivity index (χ1) is 16.1. The molecule has 0 aliphatic carbocycles. The predicted octanol–water partition coefficient (Wildman–Crippen LogP) is 4.79. The molecule has 0 atom stereocenters. The van der Waals surface area contributed by atoms with Gasteiger partial charge >= 0.3 is 0 Å². The number of aromatic nitrogens is 4. The summed E-state index contributed by atoms with van der Waals surface area (Å²) in [4.78, 5) is 13.5. The number of thiophene rings is 1. The number of H-pyrrole nitrogens is 1. The number of ether oxygens (including phenoxy) is 1. The van der Waals surface area contributed by atoms with Crippen molar-refractivity contribution in [2.45, 2.75) is 20.0 Å². The van der Waals surface area contributed by atoms with E-state index in [1.54, 1.807) is 23.1 Å². The maximum absolute atomic E-state index is 12.6. The van der Waals surface area contributed by atoms with Crippen molar-refractivity contribution >= 4 is 32.2 Å². The molecule has 0 saturated carbocycles. The molecule has 0 unspecified atom stereocenters. The number of fused-ring (bicyclic) bond motifs is 2. The SMILES string of the molecule is CCc1n[nH]c(=O)c2c(COC)cc(-c3cnn(C)c3-c3sc4ccccc4c3C#N)cc12. The van der Waals surface area contributed by atoms with Crippen LogP contribution in [0, 0.1) is 11.3 Å². The van der Waals surface area contributed by atoms with Crippen molar-refractivity contribution in [1.29, 1.82) is 5.26 Å². The van der Waals surface area contributed by atoms with Crippen molar-refractivity contribution < 1.29 is 4.74 Å². The fourth-order valence-electron chi connectivity index (χ4n) is 4.37. The van der Waals surface area contributed by atoms with E-state index in [0.29, 0.717) is 24.0 Å². The third-order valence-electron chi connectivity index (χ3n) is 5.86. The van der Waals surface area contributed by atoms with Gasteiger partial charge in [-0.3, -0.25) is 9.48 Å². The lowest BCUT2D eigenvalue weighted by atomic mass is 9.96. The van der Waals surface area contributed by atoms with Crippen molar-refractivity contribution in [2.24, 2.45) is 7.05 Å². The zero-order valence-corrected chi connectivity index (χ0v) is 19.3. The molecule has 33 heavy (non-hydrogen) atoms. The molecule has 2 aromatic carbocycles. The van der Waals surface area contributed by atoms with Crippen LogP contribution in [0.5, 0.6) is 0 Å². The van der Waals surface area contributed by atoms with Crippen LogP contribution in [0.2, 0.25) is 0 Å². The lowest BCUT2D eigenvalue weighted by Gasteiger charge is -2.12. The van der Waals surface area contributed by atoms with Gasteiger partial charge in [-0.05, 0) is 35.7 Å². The number of nitrogens with zero attached hydrogens (tertiary/aromatic N) is 4. The Bertz CT molecular complexity index is 1620. The number of benzene rings is 2. The van der Waals surface area contributed by atoms with Crippen molar-refractivity contribution in [3.8, 4) is 27.8 Å². The average Bonchev–Trinajstić information content (AvgIpc) is 3.38. The minimum atomic E-state index is -0.233. The second kappa shape index (κ2) is 8.28. The number of nitrogens with one attached hydrogen (secondary N) is 1. The zero-order chi connectivity index (χ0) is 23.1. The number of nitriles is 1. The summed E-state index contributed by atoms with van der Waals surface area (Å²) in [5, 5.41) is 23.7. The highest BCUT2D eigenvalue weighted by Gasteiger charge is 2.22. The Balaban J connectivity index is 1.83. The first-order valence-corrected chi connectivity index (χ1v) is 11.4. The molecule has 0 fully saturated rings. The molecule has 0 aliphatic heterocycles. The van der Waals surface area contributed by atoms with Gasteiger partial charge in [-0.1, -0.05) is 25.1 Å². The largest absolute Gasteiger partial charge is 0.380 e. The van der Waals surface area contributed by atoms with Crippen LogP contribution in [0.15, 0.2) is 47.4 Å². The van der Waals surface area contributed by atoms with Gasteiger partial charge in [0.05, 0.1) is 40.0 Å². The molecule has 0 amide bonds. The van der Waals surface area contributed by atoms with Crippen LogP contribution in [0.3, 0.4) is 0 Å². The number of rotatable bonds is 5. The van der Waals surface area contributed by atoms with E-state index in [0.717, 1.165) is 48.4 Å². The second-order valence-electron chi connectivity index (χ2n) is 7.79. The summed E-state index contributed by atoms with van der Waals surface area (Å²) in [6.07, 6.45) is 2.49. The number of hydrogen-bond donors (Lipinski definition) is 1. The van der Waals surface area contributed by atoms with E-state index in [1.165, 1.54) is 0 Å².